The average Bonchev–Trinajstić information content (AvgIpc) is 2.37. The van der Waals surface area contributed by atoms with Gasteiger partial charge in [-0.3, -0.25) is 0 Å². The molecule has 1 aromatic carbocycles. The van der Waals surface area contributed by atoms with Gasteiger partial charge >= 0.3 is 0 Å². The van der Waals surface area contributed by atoms with E-state index in [-0.39, 0.29) is 0 Å². The van der Waals surface area contributed by atoms with Crippen molar-refractivity contribution in [2.24, 2.45) is 0 Å². The molecule has 1 unspecified atom stereocenters. The summed E-state index contributed by atoms with van der Waals surface area (Å²) in [7, 11) is 7.51. The molecule has 100 valence electrons. The maximum atomic E-state index is 6.37. The minimum Gasteiger partial charge on any atom is -0.493 e. The molecule has 0 aliphatic heterocycles. The fourth-order valence-electron chi connectivity index (χ4n) is 2.77. The van der Waals surface area contributed by atoms with Gasteiger partial charge in [0.15, 0.2) is 11.5 Å². The molecular weight excluding hydrogens is 250 g/mol. The van der Waals surface area contributed by atoms with Gasteiger partial charge in [-0.15, -0.1) is 0 Å². The van der Waals surface area contributed by atoms with Gasteiger partial charge in [-0.05, 0) is 38.9 Å². The molecule has 0 N–H and O–H groups in total. The first kappa shape index (κ1) is 13.5. The van der Waals surface area contributed by atoms with Gasteiger partial charge in [0.2, 0.25) is 0 Å². The molecule has 1 aliphatic rings. The van der Waals surface area contributed by atoms with Crippen molar-refractivity contribution >= 4 is 11.6 Å². The molecule has 1 aromatic rings. The second-order valence-electron chi connectivity index (χ2n) is 4.86. The number of ether oxygens (including phenoxy) is 2. The molecule has 2 rings (SSSR count). The highest BCUT2D eigenvalue weighted by molar-refractivity contribution is 6.31. The molecule has 0 aromatic heterocycles. The van der Waals surface area contributed by atoms with Crippen molar-refractivity contribution in [3.05, 3.63) is 22.2 Å². The van der Waals surface area contributed by atoms with Crippen molar-refractivity contribution in [2.45, 2.75) is 25.3 Å². The number of halogens is 1. The fraction of sp³-hybridized carbons (Fsp3) is 0.571. The van der Waals surface area contributed by atoms with E-state index in [4.69, 9.17) is 21.1 Å². The van der Waals surface area contributed by atoms with Crippen molar-refractivity contribution in [2.75, 3.05) is 28.3 Å². The highest BCUT2D eigenvalue weighted by atomic mass is 35.5. The molecule has 1 aliphatic carbocycles. The molecular formula is C14H20ClNO2. The average molecular weight is 270 g/mol. The molecule has 0 saturated heterocycles. The van der Waals surface area contributed by atoms with Crippen LogP contribution in [0.3, 0.4) is 0 Å². The third-order valence-corrected chi connectivity index (χ3v) is 3.96. The minimum absolute atomic E-state index is 0.344. The predicted molar refractivity (Wildman–Crippen MR) is 73.9 cm³/mol. The monoisotopic (exact) mass is 269 g/mol. The standard InChI is InChI=1S/C14H20ClNO2/c1-16(2)11-7-5-6-9-10(15)8-12(17-3)14(18-4)13(9)11/h8,11H,5-7H2,1-4H3. The van der Waals surface area contributed by atoms with Gasteiger partial charge in [0.05, 0.1) is 14.2 Å². The summed E-state index contributed by atoms with van der Waals surface area (Å²) >= 11 is 6.37. The lowest BCUT2D eigenvalue weighted by Gasteiger charge is -2.33. The van der Waals surface area contributed by atoms with E-state index in [0.717, 1.165) is 35.8 Å². The Labute approximate surface area is 114 Å². The summed E-state index contributed by atoms with van der Waals surface area (Å²) in [5, 5.41) is 0.786. The topological polar surface area (TPSA) is 21.7 Å². The van der Waals surface area contributed by atoms with E-state index in [1.165, 1.54) is 11.1 Å². The lowest BCUT2D eigenvalue weighted by Crippen LogP contribution is -2.25. The van der Waals surface area contributed by atoms with Crippen LogP contribution < -0.4 is 9.47 Å². The third kappa shape index (κ3) is 2.17. The Hall–Kier alpha value is -0.930. The molecule has 0 radical (unpaired) electrons. The number of benzene rings is 1. The van der Waals surface area contributed by atoms with Crippen LogP contribution >= 0.6 is 11.6 Å². The molecule has 0 heterocycles. The van der Waals surface area contributed by atoms with E-state index in [1.807, 2.05) is 6.07 Å². The Balaban J connectivity index is 2.65. The van der Waals surface area contributed by atoms with Gasteiger partial charge in [0.25, 0.3) is 0 Å². The van der Waals surface area contributed by atoms with Crippen LogP contribution in [0, 0.1) is 0 Å². The maximum absolute atomic E-state index is 6.37. The Morgan fingerprint density at radius 1 is 1.28 bits per heavy atom. The van der Waals surface area contributed by atoms with E-state index in [2.05, 4.69) is 19.0 Å². The SMILES string of the molecule is COc1cc(Cl)c2c(c1OC)C(N(C)C)CCC2. The van der Waals surface area contributed by atoms with Gasteiger partial charge in [0, 0.05) is 22.7 Å². The molecule has 4 heteroatoms. The zero-order valence-corrected chi connectivity index (χ0v) is 12.2. The van der Waals surface area contributed by atoms with Crippen LogP contribution in [-0.2, 0) is 6.42 Å². The summed E-state index contributed by atoms with van der Waals surface area (Å²) < 4.78 is 10.9. The van der Waals surface area contributed by atoms with Gasteiger partial charge in [-0.2, -0.15) is 0 Å². The molecule has 0 spiro atoms. The first-order valence-corrected chi connectivity index (χ1v) is 6.57. The van der Waals surface area contributed by atoms with Crippen molar-refractivity contribution in [3.63, 3.8) is 0 Å². The fourth-order valence-corrected chi connectivity index (χ4v) is 3.06. The minimum atomic E-state index is 0.344. The molecule has 3 nitrogen and oxygen atoms in total. The van der Waals surface area contributed by atoms with Crippen LogP contribution in [0.4, 0.5) is 0 Å². The summed E-state index contributed by atoms with van der Waals surface area (Å²) in [6.07, 6.45) is 3.30. The van der Waals surface area contributed by atoms with E-state index < -0.39 is 0 Å². The number of rotatable bonds is 3. The first-order valence-electron chi connectivity index (χ1n) is 6.19. The lowest BCUT2D eigenvalue weighted by atomic mass is 9.86. The smallest absolute Gasteiger partial charge is 0.165 e. The summed E-state index contributed by atoms with van der Waals surface area (Å²) in [6.45, 7) is 0. The number of hydrogen-bond donors (Lipinski definition) is 0. The van der Waals surface area contributed by atoms with E-state index >= 15 is 0 Å². The highest BCUT2D eigenvalue weighted by Crippen LogP contribution is 2.46. The molecule has 0 bridgehead atoms. The van der Waals surface area contributed by atoms with E-state index in [0.29, 0.717) is 6.04 Å². The summed E-state index contributed by atoms with van der Waals surface area (Å²) in [6, 6.07) is 2.20. The predicted octanol–water partition coefficient (Wildman–Crippen LogP) is 3.30. The molecule has 0 saturated carbocycles. The van der Waals surface area contributed by atoms with Gasteiger partial charge in [-0.25, -0.2) is 0 Å². The Morgan fingerprint density at radius 2 is 2.00 bits per heavy atom. The zero-order valence-electron chi connectivity index (χ0n) is 11.4. The normalized spacial score (nSPS) is 18.7. The Bertz CT molecular complexity index is 446. The van der Waals surface area contributed by atoms with Crippen LogP contribution in [0.15, 0.2) is 6.07 Å². The molecule has 18 heavy (non-hydrogen) atoms. The first-order chi connectivity index (χ1) is 8.60. The van der Waals surface area contributed by atoms with Crippen LogP contribution in [0.1, 0.15) is 30.0 Å². The molecule has 1 atom stereocenters. The zero-order chi connectivity index (χ0) is 13.3. The number of nitrogens with zero attached hydrogens (tertiary/aromatic N) is 1. The lowest BCUT2D eigenvalue weighted by molar-refractivity contribution is 0.255. The molecule has 0 fully saturated rings. The van der Waals surface area contributed by atoms with Crippen LogP contribution in [-0.4, -0.2) is 33.2 Å². The van der Waals surface area contributed by atoms with E-state index in [9.17, 15) is 0 Å². The van der Waals surface area contributed by atoms with E-state index in [1.54, 1.807) is 14.2 Å². The quantitative estimate of drug-likeness (QED) is 0.840. The maximum Gasteiger partial charge on any atom is 0.165 e. The van der Waals surface area contributed by atoms with Crippen LogP contribution in [0.5, 0.6) is 11.5 Å². The number of fused-ring (bicyclic) bond motifs is 1. The second kappa shape index (κ2) is 5.37. The highest BCUT2D eigenvalue weighted by Gasteiger charge is 2.29. The van der Waals surface area contributed by atoms with Gasteiger partial charge in [-0.1, -0.05) is 11.6 Å². The van der Waals surface area contributed by atoms with Crippen molar-refractivity contribution < 1.29 is 9.47 Å². The third-order valence-electron chi connectivity index (χ3n) is 3.62. The summed E-state index contributed by atoms with van der Waals surface area (Å²) in [5.41, 5.74) is 2.40. The summed E-state index contributed by atoms with van der Waals surface area (Å²) in [5.74, 6) is 1.55. The van der Waals surface area contributed by atoms with Crippen molar-refractivity contribution in [1.29, 1.82) is 0 Å². The number of hydrogen-bond acceptors (Lipinski definition) is 3. The largest absolute Gasteiger partial charge is 0.493 e. The van der Waals surface area contributed by atoms with Gasteiger partial charge < -0.3 is 14.4 Å². The van der Waals surface area contributed by atoms with Crippen LogP contribution in [0.25, 0.3) is 0 Å². The van der Waals surface area contributed by atoms with Crippen molar-refractivity contribution in [3.8, 4) is 11.5 Å². The Kier molecular flexibility index (Phi) is 4.03. The van der Waals surface area contributed by atoms with Gasteiger partial charge in [0.1, 0.15) is 0 Å². The Morgan fingerprint density at radius 3 is 2.56 bits per heavy atom. The second-order valence-corrected chi connectivity index (χ2v) is 5.26. The summed E-state index contributed by atoms with van der Waals surface area (Å²) in [4.78, 5) is 2.22. The number of methoxy groups -OCH3 is 2. The van der Waals surface area contributed by atoms with Crippen LogP contribution in [0.2, 0.25) is 5.02 Å². The molecule has 0 amide bonds. The van der Waals surface area contributed by atoms with Crippen molar-refractivity contribution in [1.82, 2.24) is 4.90 Å².